The fourth-order valence-corrected chi connectivity index (χ4v) is 2.88. The predicted molar refractivity (Wildman–Crippen MR) is 84.0 cm³/mol. The van der Waals surface area contributed by atoms with E-state index in [1.54, 1.807) is 0 Å². The minimum atomic E-state index is -0.00475. The largest absolute Gasteiger partial charge is 0.271 e. The molecule has 0 aromatic heterocycles. The summed E-state index contributed by atoms with van der Waals surface area (Å²) in [6.45, 7) is 6.31. The molecule has 19 heavy (non-hydrogen) atoms. The molecule has 1 unspecified atom stereocenters. The van der Waals surface area contributed by atoms with Gasteiger partial charge in [0.05, 0.1) is 6.04 Å². The van der Waals surface area contributed by atoms with Gasteiger partial charge >= 0.3 is 0 Å². The Labute approximate surface area is 123 Å². The van der Waals surface area contributed by atoms with Crippen molar-refractivity contribution in [2.75, 3.05) is 0 Å². The number of halogens is 1. The first kappa shape index (κ1) is 14.3. The van der Waals surface area contributed by atoms with Crippen LogP contribution in [0.2, 0.25) is 0 Å². The Balaban J connectivity index is 2.53. The van der Waals surface area contributed by atoms with Crippen LogP contribution >= 0.6 is 15.9 Å². The SMILES string of the molecule is Cc1ccc(C(NN)c2cccc(C)c2Br)c(C)c1. The Morgan fingerprint density at radius 3 is 2.37 bits per heavy atom. The van der Waals surface area contributed by atoms with Crippen molar-refractivity contribution in [3.8, 4) is 0 Å². The summed E-state index contributed by atoms with van der Waals surface area (Å²) in [5, 5.41) is 0. The molecular weight excluding hydrogens is 300 g/mol. The van der Waals surface area contributed by atoms with Gasteiger partial charge in [0.2, 0.25) is 0 Å². The van der Waals surface area contributed by atoms with E-state index < -0.39 is 0 Å². The minimum Gasteiger partial charge on any atom is -0.271 e. The molecule has 0 radical (unpaired) electrons. The maximum atomic E-state index is 5.79. The summed E-state index contributed by atoms with van der Waals surface area (Å²) < 4.78 is 1.11. The van der Waals surface area contributed by atoms with Crippen LogP contribution in [0.1, 0.15) is 33.9 Å². The van der Waals surface area contributed by atoms with Gasteiger partial charge in [-0.15, -0.1) is 0 Å². The average molecular weight is 319 g/mol. The highest BCUT2D eigenvalue weighted by Gasteiger charge is 2.17. The van der Waals surface area contributed by atoms with E-state index in [9.17, 15) is 0 Å². The molecule has 0 aliphatic heterocycles. The lowest BCUT2D eigenvalue weighted by molar-refractivity contribution is 0.631. The van der Waals surface area contributed by atoms with Crippen molar-refractivity contribution >= 4 is 15.9 Å². The summed E-state index contributed by atoms with van der Waals surface area (Å²) >= 11 is 3.66. The highest BCUT2D eigenvalue weighted by atomic mass is 79.9. The zero-order valence-electron chi connectivity index (χ0n) is 11.5. The molecule has 0 fully saturated rings. The van der Waals surface area contributed by atoms with Crippen LogP contribution in [0.5, 0.6) is 0 Å². The van der Waals surface area contributed by atoms with Gasteiger partial charge in [0.1, 0.15) is 0 Å². The summed E-state index contributed by atoms with van der Waals surface area (Å²) in [4.78, 5) is 0. The second-order valence-electron chi connectivity index (χ2n) is 4.94. The lowest BCUT2D eigenvalue weighted by atomic mass is 9.93. The number of nitrogens with two attached hydrogens (primary N) is 1. The molecule has 2 rings (SSSR count). The van der Waals surface area contributed by atoms with E-state index in [4.69, 9.17) is 5.84 Å². The van der Waals surface area contributed by atoms with Crippen molar-refractivity contribution in [3.05, 3.63) is 68.7 Å². The second kappa shape index (κ2) is 5.87. The summed E-state index contributed by atoms with van der Waals surface area (Å²) in [7, 11) is 0. The molecule has 100 valence electrons. The van der Waals surface area contributed by atoms with E-state index >= 15 is 0 Å². The lowest BCUT2D eigenvalue weighted by Gasteiger charge is -2.21. The van der Waals surface area contributed by atoms with Crippen molar-refractivity contribution in [2.45, 2.75) is 26.8 Å². The molecule has 2 nitrogen and oxygen atoms in total. The zero-order chi connectivity index (χ0) is 14.0. The van der Waals surface area contributed by atoms with Crippen LogP contribution in [0, 0.1) is 20.8 Å². The Kier molecular flexibility index (Phi) is 4.40. The number of nitrogens with one attached hydrogen (secondary N) is 1. The Morgan fingerprint density at radius 2 is 1.74 bits per heavy atom. The summed E-state index contributed by atoms with van der Waals surface area (Å²) in [6, 6.07) is 12.7. The van der Waals surface area contributed by atoms with Crippen molar-refractivity contribution < 1.29 is 0 Å². The van der Waals surface area contributed by atoms with Gasteiger partial charge in [-0.3, -0.25) is 5.84 Å². The molecule has 3 heteroatoms. The van der Waals surface area contributed by atoms with E-state index in [2.05, 4.69) is 78.5 Å². The van der Waals surface area contributed by atoms with Gasteiger partial charge in [-0.2, -0.15) is 0 Å². The first-order chi connectivity index (χ1) is 9.04. The Hall–Kier alpha value is -1.16. The van der Waals surface area contributed by atoms with E-state index in [0.717, 1.165) is 10.0 Å². The lowest BCUT2D eigenvalue weighted by Crippen LogP contribution is -2.29. The zero-order valence-corrected chi connectivity index (χ0v) is 13.1. The van der Waals surface area contributed by atoms with Crippen LogP contribution in [-0.4, -0.2) is 0 Å². The standard InChI is InChI=1S/C16H19BrN2/c1-10-7-8-13(12(3)9-10)16(19-18)14-6-4-5-11(2)15(14)17/h4-9,16,19H,18H2,1-3H3. The van der Waals surface area contributed by atoms with Crippen LogP contribution in [-0.2, 0) is 0 Å². The molecule has 1 atom stereocenters. The van der Waals surface area contributed by atoms with E-state index in [0.29, 0.717) is 0 Å². The minimum absolute atomic E-state index is 0.00475. The molecule has 0 spiro atoms. The number of hydrogen-bond acceptors (Lipinski definition) is 2. The monoisotopic (exact) mass is 318 g/mol. The van der Waals surface area contributed by atoms with Crippen LogP contribution < -0.4 is 11.3 Å². The van der Waals surface area contributed by atoms with Gasteiger partial charge in [-0.1, -0.05) is 57.9 Å². The number of hydrogen-bond donors (Lipinski definition) is 2. The van der Waals surface area contributed by atoms with Crippen molar-refractivity contribution in [1.82, 2.24) is 5.43 Å². The maximum Gasteiger partial charge on any atom is 0.0723 e. The highest BCUT2D eigenvalue weighted by molar-refractivity contribution is 9.10. The number of rotatable bonds is 3. The third-order valence-corrected chi connectivity index (χ3v) is 4.52. The third kappa shape index (κ3) is 2.89. The summed E-state index contributed by atoms with van der Waals surface area (Å²) in [5.41, 5.74) is 9.02. The molecule has 0 amide bonds. The molecule has 0 aliphatic rings. The smallest absolute Gasteiger partial charge is 0.0723 e. The first-order valence-corrected chi connectivity index (χ1v) is 7.12. The van der Waals surface area contributed by atoms with Gasteiger partial charge in [0, 0.05) is 4.47 Å². The molecule has 0 aliphatic carbocycles. The third-order valence-electron chi connectivity index (χ3n) is 3.44. The van der Waals surface area contributed by atoms with Crippen molar-refractivity contribution in [2.24, 2.45) is 5.84 Å². The maximum absolute atomic E-state index is 5.79. The summed E-state index contributed by atoms with van der Waals surface area (Å²) in [6.07, 6.45) is 0. The molecular formula is C16H19BrN2. The molecule has 3 N–H and O–H groups in total. The Morgan fingerprint density at radius 1 is 1.00 bits per heavy atom. The van der Waals surface area contributed by atoms with Crippen LogP contribution in [0.4, 0.5) is 0 Å². The van der Waals surface area contributed by atoms with Gasteiger partial charge in [-0.25, -0.2) is 5.43 Å². The molecule has 0 saturated carbocycles. The molecule has 0 bridgehead atoms. The summed E-state index contributed by atoms with van der Waals surface area (Å²) in [5.74, 6) is 5.79. The first-order valence-electron chi connectivity index (χ1n) is 6.33. The number of benzene rings is 2. The topological polar surface area (TPSA) is 38.0 Å². The van der Waals surface area contributed by atoms with Gasteiger partial charge < -0.3 is 0 Å². The van der Waals surface area contributed by atoms with Gasteiger partial charge in [0.25, 0.3) is 0 Å². The molecule has 2 aromatic rings. The normalized spacial score (nSPS) is 12.5. The van der Waals surface area contributed by atoms with E-state index in [1.165, 1.54) is 22.3 Å². The van der Waals surface area contributed by atoms with Gasteiger partial charge in [-0.05, 0) is 43.0 Å². The molecule has 2 aromatic carbocycles. The van der Waals surface area contributed by atoms with Crippen molar-refractivity contribution in [3.63, 3.8) is 0 Å². The second-order valence-corrected chi connectivity index (χ2v) is 5.73. The Bertz CT molecular complexity index is 593. The quantitative estimate of drug-likeness (QED) is 0.664. The number of aryl methyl sites for hydroxylation is 3. The highest BCUT2D eigenvalue weighted by Crippen LogP contribution is 2.31. The molecule has 0 heterocycles. The van der Waals surface area contributed by atoms with Crippen LogP contribution in [0.3, 0.4) is 0 Å². The fourth-order valence-electron chi connectivity index (χ4n) is 2.39. The fraction of sp³-hybridized carbons (Fsp3) is 0.250. The number of hydrazine groups is 1. The average Bonchev–Trinajstić information content (AvgIpc) is 2.37. The molecule has 0 saturated heterocycles. The van der Waals surface area contributed by atoms with Gasteiger partial charge in [0.15, 0.2) is 0 Å². The predicted octanol–water partition coefficient (Wildman–Crippen LogP) is 3.93. The van der Waals surface area contributed by atoms with Crippen molar-refractivity contribution in [1.29, 1.82) is 0 Å². The van der Waals surface area contributed by atoms with E-state index in [1.807, 2.05) is 0 Å². The van der Waals surface area contributed by atoms with Crippen LogP contribution in [0.15, 0.2) is 40.9 Å². The van der Waals surface area contributed by atoms with Crippen LogP contribution in [0.25, 0.3) is 0 Å². The van der Waals surface area contributed by atoms with E-state index in [-0.39, 0.29) is 6.04 Å².